The molecule has 3 aromatic carbocycles. The molecule has 3 aromatic rings. The number of amides is 3. The summed E-state index contributed by atoms with van der Waals surface area (Å²) in [4.78, 5) is 51.1. The number of anilines is 1. The maximum absolute atomic E-state index is 12.9. The minimum absolute atomic E-state index is 0.0142. The summed E-state index contributed by atoms with van der Waals surface area (Å²) in [6.45, 7) is 3.54. The van der Waals surface area contributed by atoms with Crippen molar-refractivity contribution in [2.75, 3.05) is 18.5 Å². The molecule has 0 bridgehead atoms. The van der Waals surface area contributed by atoms with Crippen molar-refractivity contribution >= 4 is 40.2 Å². The van der Waals surface area contributed by atoms with Crippen LogP contribution in [0.3, 0.4) is 0 Å². The van der Waals surface area contributed by atoms with Gasteiger partial charge in [0, 0.05) is 35.2 Å². The zero-order valence-corrected chi connectivity index (χ0v) is 18.5. The maximum atomic E-state index is 12.9. The molecule has 1 N–H and O–H groups in total. The molecule has 0 aromatic heterocycles. The quantitative estimate of drug-likeness (QED) is 0.439. The first-order valence-electron chi connectivity index (χ1n) is 10.8. The molecule has 3 amide bonds. The number of aryl methyl sites for hydroxylation is 1. The van der Waals surface area contributed by atoms with Crippen LogP contribution in [0.1, 0.15) is 44.7 Å². The van der Waals surface area contributed by atoms with E-state index in [1.165, 1.54) is 0 Å². The van der Waals surface area contributed by atoms with Crippen molar-refractivity contribution in [1.29, 1.82) is 0 Å². The van der Waals surface area contributed by atoms with Crippen molar-refractivity contribution < 1.29 is 23.9 Å². The van der Waals surface area contributed by atoms with E-state index in [1.807, 2.05) is 38.1 Å². The van der Waals surface area contributed by atoms with Crippen molar-refractivity contribution in [1.82, 2.24) is 4.90 Å². The summed E-state index contributed by atoms with van der Waals surface area (Å²) in [5, 5.41) is 4.24. The molecule has 33 heavy (non-hydrogen) atoms. The second kappa shape index (κ2) is 9.24. The van der Waals surface area contributed by atoms with Gasteiger partial charge >= 0.3 is 5.97 Å². The van der Waals surface area contributed by atoms with Crippen LogP contribution in [0.2, 0.25) is 0 Å². The second-order valence-corrected chi connectivity index (χ2v) is 8.03. The molecule has 0 unspecified atom stereocenters. The fourth-order valence-electron chi connectivity index (χ4n) is 3.96. The molecule has 7 heteroatoms. The molecule has 0 saturated carbocycles. The number of rotatable bonds is 7. The number of nitrogens with one attached hydrogen (secondary N) is 1. The van der Waals surface area contributed by atoms with Crippen LogP contribution in [0.15, 0.2) is 54.6 Å². The van der Waals surface area contributed by atoms with E-state index in [-0.39, 0.29) is 31.2 Å². The van der Waals surface area contributed by atoms with Gasteiger partial charge in [-0.2, -0.15) is 0 Å². The SMILES string of the molecule is Cc1cccc(NC(=O)COC(=O)CCCN2C(=O)c3cccc4cccc(c34)C2=O)c1C. The highest BCUT2D eigenvalue weighted by molar-refractivity contribution is 6.25. The molecule has 1 aliphatic rings. The van der Waals surface area contributed by atoms with Gasteiger partial charge < -0.3 is 10.1 Å². The Hall–Kier alpha value is -4.00. The molecule has 4 rings (SSSR count). The minimum atomic E-state index is -0.564. The van der Waals surface area contributed by atoms with Crippen molar-refractivity contribution in [3.63, 3.8) is 0 Å². The highest BCUT2D eigenvalue weighted by Gasteiger charge is 2.32. The number of hydrogen-bond donors (Lipinski definition) is 1. The number of esters is 1. The van der Waals surface area contributed by atoms with Crippen LogP contribution in [-0.2, 0) is 14.3 Å². The third-order valence-electron chi connectivity index (χ3n) is 5.86. The predicted octanol–water partition coefficient (Wildman–Crippen LogP) is 4.01. The van der Waals surface area contributed by atoms with Crippen molar-refractivity contribution in [3.05, 3.63) is 76.9 Å². The molecule has 0 atom stereocenters. The molecule has 168 valence electrons. The normalized spacial score (nSPS) is 12.7. The van der Waals surface area contributed by atoms with Crippen LogP contribution in [0.5, 0.6) is 0 Å². The summed E-state index contributed by atoms with van der Waals surface area (Å²) in [6, 6.07) is 16.3. The summed E-state index contributed by atoms with van der Waals surface area (Å²) in [5.74, 6) is -1.73. The Morgan fingerprint density at radius 3 is 2.21 bits per heavy atom. The Kier molecular flexibility index (Phi) is 6.22. The Morgan fingerprint density at radius 1 is 0.909 bits per heavy atom. The fourth-order valence-corrected chi connectivity index (χ4v) is 3.96. The lowest BCUT2D eigenvalue weighted by atomic mass is 9.94. The zero-order valence-electron chi connectivity index (χ0n) is 18.5. The van der Waals surface area contributed by atoms with Crippen LogP contribution in [-0.4, -0.2) is 41.7 Å². The molecule has 1 heterocycles. The Bertz CT molecular complexity index is 1230. The first-order chi connectivity index (χ1) is 15.9. The third-order valence-corrected chi connectivity index (χ3v) is 5.86. The lowest BCUT2D eigenvalue weighted by molar-refractivity contribution is -0.147. The van der Waals surface area contributed by atoms with E-state index in [0.717, 1.165) is 21.4 Å². The average Bonchev–Trinajstić information content (AvgIpc) is 2.81. The summed E-state index contributed by atoms with van der Waals surface area (Å²) >= 11 is 0. The van der Waals surface area contributed by atoms with Crippen molar-refractivity contribution in [2.24, 2.45) is 0 Å². The lowest BCUT2D eigenvalue weighted by Gasteiger charge is -2.27. The molecule has 0 saturated heterocycles. The molecular formula is C26H24N2O5. The van der Waals surface area contributed by atoms with Gasteiger partial charge in [-0.1, -0.05) is 36.4 Å². The number of benzene rings is 3. The van der Waals surface area contributed by atoms with Gasteiger partial charge in [0.25, 0.3) is 17.7 Å². The highest BCUT2D eigenvalue weighted by Crippen LogP contribution is 2.30. The van der Waals surface area contributed by atoms with Crippen LogP contribution < -0.4 is 5.32 Å². The number of nitrogens with zero attached hydrogens (tertiary/aromatic N) is 1. The van der Waals surface area contributed by atoms with Crippen molar-refractivity contribution in [2.45, 2.75) is 26.7 Å². The number of hydrogen-bond acceptors (Lipinski definition) is 5. The average molecular weight is 444 g/mol. The van der Waals surface area contributed by atoms with Gasteiger partial charge in [0.2, 0.25) is 0 Å². The van der Waals surface area contributed by atoms with Gasteiger partial charge in [0.15, 0.2) is 6.61 Å². The molecule has 1 aliphatic heterocycles. The number of ether oxygens (including phenoxy) is 1. The van der Waals surface area contributed by atoms with E-state index in [0.29, 0.717) is 22.2 Å². The standard InChI is InChI=1S/C26H24N2O5/c1-16-7-3-12-21(17(16)2)27-22(29)15-33-23(30)13-6-14-28-25(31)19-10-4-8-18-9-5-11-20(24(18)19)26(28)32/h3-5,7-12H,6,13-15H2,1-2H3,(H,27,29). The van der Waals surface area contributed by atoms with E-state index < -0.39 is 18.5 Å². The number of imide groups is 1. The summed E-state index contributed by atoms with van der Waals surface area (Å²) in [5.41, 5.74) is 3.63. The van der Waals surface area contributed by atoms with Gasteiger partial charge in [-0.25, -0.2) is 0 Å². The number of carbonyl (C=O) groups excluding carboxylic acids is 4. The monoisotopic (exact) mass is 444 g/mol. The van der Waals surface area contributed by atoms with E-state index in [4.69, 9.17) is 4.74 Å². The molecule has 0 aliphatic carbocycles. The minimum Gasteiger partial charge on any atom is -0.456 e. The van der Waals surface area contributed by atoms with Crippen LogP contribution in [0.4, 0.5) is 5.69 Å². The summed E-state index contributed by atoms with van der Waals surface area (Å²) in [7, 11) is 0. The first-order valence-corrected chi connectivity index (χ1v) is 10.8. The van der Waals surface area contributed by atoms with Gasteiger partial charge in [-0.3, -0.25) is 24.1 Å². The fraction of sp³-hybridized carbons (Fsp3) is 0.231. The number of carbonyl (C=O) groups is 4. The molecular weight excluding hydrogens is 420 g/mol. The second-order valence-electron chi connectivity index (χ2n) is 8.03. The highest BCUT2D eigenvalue weighted by atomic mass is 16.5. The maximum Gasteiger partial charge on any atom is 0.306 e. The van der Waals surface area contributed by atoms with Gasteiger partial charge in [-0.15, -0.1) is 0 Å². The Balaban J connectivity index is 1.29. The van der Waals surface area contributed by atoms with Gasteiger partial charge in [0.05, 0.1) is 0 Å². The largest absolute Gasteiger partial charge is 0.456 e. The van der Waals surface area contributed by atoms with Crippen molar-refractivity contribution in [3.8, 4) is 0 Å². The van der Waals surface area contributed by atoms with E-state index in [1.54, 1.807) is 30.3 Å². The van der Waals surface area contributed by atoms with E-state index in [9.17, 15) is 19.2 Å². The van der Waals surface area contributed by atoms with Gasteiger partial charge in [-0.05, 0) is 55.0 Å². The smallest absolute Gasteiger partial charge is 0.306 e. The lowest BCUT2D eigenvalue weighted by Crippen LogP contribution is -2.41. The summed E-state index contributed by atoms with van der Waals surface area (Å²) < 4.78 is 5.05. The summed E-state index contributed by atoms with van der Waals surface area (Å²) in [6.07, 6.45) is 0.229. The van der Waals surface area contributed by atoms with E-state index >= 15 is 0 Å². The van der Waals surface area contributed by atoms with Crippen LogP contribution in [0.25, 0.3) is 10.8 Å². The van der Waals surface area contributed by atoms with Crippen LogP contribution in [0, 0.1) is 13.8 Å². The Morgan fingerprint density at radius 2 is 1.55 bits per heavy atom. The van der Waals surface area contributed by atoms with E-state index in [2.05, 4.69) is 5.32 Å². The zero-order chi connectivity index (χ0) is 23.5. The third kappa shape index (κ3) is 4.48. The predicted molar refractivity (Wildman–Crippen MR) is 124 cm³/mol. The molecule has 0 fully saturated rings. The molecule has 0 radical (unpaired) electrons. The molecule has 0 spiro atoms. The molecule has 7 nitrogen and oxygen atoms in total. The van der Waals surface area contributed by atoms with Gasteiger partial charge in [0.1, 0.15) is 0 Å². The first kappa shape index (κ1) is 22.2. The Labute approximate surface area is 191 Å². The topological polar surface area (TPSA) is 92.8 Å². The van der Waals surface area contributed by atoms with Crippen LogP contribution >= 0.6 is 0 Å².